The Hall–Kier alpha value is -3.08. The fourth-order valence-corrected chi connectivity index (χ4v) is 6.18. The van der Waals surface area contributed by atoms with E-state index in [1.54, 1.807) is 26.0 Å². The summed E-state index contributed by atoms with van der Waals surface area (Å²) < 4.78 is 11.8. The monoisotopic (exact) mass is 728 g/mol. The first-order chi connectivity index (χ1) is 24.4. The second-order valence-corrected chi connectivity index (χ2v) is 15.1. The molecule has 1 aliphatic heterocycles. The number of hydrogen-bond donors (Lipinski definition) is 5. The van der Waals surface area contributed by atoms with Gasteiger partial charge in [0.15, 0.2) is 0 Å². The largest absolute Gasteiger partial charge is 0.462 e. The number of ether oxygens (including phenoxy) is 2. The smallest absolute Gasteiger partial charge is 0.331 e. The van der Waals surface area contributed by atoms with Crippen LogP contribution in [-0.2, 0) is 19.1 Å². The molecule has 9 nitrogen and oxygen atoms in total. The lowest BCUT2D eigenvalue weighted by atomic mass is 9.90. The lowest BCUT2D eigenvalue weighted by Crippen LogP contribution is -2.27. The second kappa shape index (κ2) is 25.0. The molecule has 0 aromatic carbocycles. The van der Waals surface area contributed by atoms with Crippen LogP contribution < -0.4 is 0 Å². The minimum Gasteiger partial charge on any atom is -0.462 e. The Bertz CT molecular complexity index is 1300. The fraction of sp³-hybridized carbons (Fsp3) is 0.628. The summed E-state index contributed by atoms with van der Waals surface area (Å²) in [5, 5.41) is 49.4. The van der Waals surface area contributed by atoms with Crippen LogP contribution in [0, 0.1) is 17.8 Å². The molecular formula is C43H68O9. The molecule has 0 saturated carbocycles. The Balaban J connectivity index is 2.79. The molecule has 52 heavy (non-hydrogen) atoms. The lowest BCUT2D eigenvalue weighted by molar-refractivity contribution is -0.151. The van der Waals surface area contributed by atoms with Gasteiger partial charge in [-0.2, -0.15) is 0 Å². The van der Waals surface area contributed by atoms with Gasteiger partial charge in [0.1, 0.15) is 12.2 Å². The molecule has 10 atom stereocenters. The van der Waals surface area contributed by atoms with Crippen molar-refractivity contribution in [3.63, 3.8) is 0 Å². The first-order valence-corrected chi connectivity index (χ1v) is 18.9. The molecule has 0 aromatic rings. The third-order valence-electron chi connectivity index (χ3n) is 9.18. The van der Waals surface area contributed by atoms with Gasteiger partial charge in [0, 0.05) is 31.3 Å². The summed E-state index contributed by atoms with van der Waals surface area (Å²) >= 11 is 0. The van der Waals surface area contributed by atoms with Crippen LogP contribution in [0.4, 0.5) is 0 Å². The summed E-state index contributed by atoms with van der Waals surface area (Å²) in [5.41, 5.74) is 3.68. The average Bonchev–Trinajstić information content (AvgIpc) is 3.03. The molecule has 5 N–H and O–H groups in total. The van der Waals surface area contributed by atoms with Gasteiger partial charge in [-0.1, -0.05) is 97.7 Å². The van der Waals surface area contributed by atoms with Crippen molar-refractivity contribution in [1.82, 2.24) is 0 Å². The highest BCUT2D eigenvalue weighted by atomic mass is 16.5. The summed E-state index contributed by atoms with van der Waals surface area (Å²) in [6.45, 7) is 17.0. The van der Waals surface area contributed by atoms with E-state index in [0.717, 1.165) is 35.1 Å². The Morgan fingerprint density at radius 3 is 2.15 bits per heavy atom. The maximum atomic E-state index is 12.9. The third kappa shape index (κ3) is 20.8. The number of esters is 2. The van der Waals surface area contributed by atoms with Gasteiger partial charge in [-0.15, -0.1) is 0 Å². The van der Waals surface area contributed by atoms with Crippen molar-refractivity contribution in [2.45, 2.75) is 156 Å². The van der Waals surface area contributed by atoms with Crippen LogP contribution in [0.1, 0.15) is 114 Å². The molecule has 0 aliphatic carbocycles. The quantitative estimate of drug-likeness (QED) is 0.0455. The van der Waals surface area contributed by atoms with E-state index in [2.05, 4.69) is 19.9 Å². The first kappa shape index (κ1) is 46.9. The third-order valence-corrected chi connectivity index (χ3v) is 9.18. The van der Waals surface area contributed by atoms with Gasteiger partial charge in [0.2, 0.25) is 0 Å². The summed E-state index contributed by atoms with van der Waals surface area (Å²) in [4.78, 5) is 25.7. The van der Waals surface area contributed by atoms with Crippen molar-refractivity contribution >= 4 is 11.9 Å². The van der Waals surface area contributed by atoms with Crippen molar-refractivity contribution in [3.05, 3.63) is 83.1 Å². The van der Waals surface area contributed by atoms with E-state index in [0.29, 0.717) is 25.7 Å². The van der Waals surface area contributed by atoms with Gasteiger partial charge >= 0.3 is 11.9 Å². The van der Waals surface area contributed by atoms with Crippen LogP contribution in [0.5, 0.6) is 0 Å². The lowest BCUT2D eigenvalue weighted by Gasteiger charge is -2.26. The predicted molar refractivity (Wildman–Crippen MR) is 208 cm³/mol. The van der Waals surface area contributed by atoms with Gasteiger partial charge in [-0.3, -0.25) is 4.79 Å². The number of allylic oxidation sites excluding steroid dienone is 10. The summed E-state index contributed by atoms with van der Waals surface area (Å²) in [5.74, 6) is -0.652. The highest BCUT2D eigenvalue weighted by Gasteiger charge is 2.25. The van der Waals surface area contributed by atoms with Crippen LogP contribution in [0.25, 0.3) is 0 Å². The summed E-state index contributed by atoms with van der Waals surface area (Å²) in [6.07, 6.45) is 17.5. The minimum atomic E-state index is -1.07. The minimum absolute atomic E-state index is 0.0633. The zero-order valence-electron chi connectivity index (χ0n) is 33.1. The number of aliphatic hydroxyl groups excluding tert-OH is 5. The van der Waals surface area contributed by atoms with Crippen LogP contribution in [0.15, 0.2) is 83.1 Å². The molecule has 0 saturated heterocycles. The van der Waals surface area contributed by atoms with Gasteiger partial charge in [0.05, 0.1) is 30.5 Å². The van der Waals surface area contributed by atoms with Crippen LogP contribution in [-0.4, -0.2) is 80.2 Å². The van der Waals surface area contributed by atoms with Gasteiger partial charge < -0.3 is 35.0 Å². The normalized spacial score (nSPS) is 24.7. The second-order valence-electron chi connectivity index (χ2n) is 15.1. The Kier molecular flexibility index (Phi) is 22.6. The number of hydrogen-bond acceptors (Lipinski definition) is 9. The molecule has 0 spiro atoms. The number of aliphatic hydroxyl groups is 5. The molecule has 0 aromatic heterocycles. The van der Waals surface area contributed by atoms with Crippen molar-refractivity contribution < 1.29 is 44.6 Å². The molecule has 0 bridgehead atoms. The molecule has 1 aliphatic rings. The van der Waals surface area contributed by atoms with E-state index in [1.807, 2.05) is 71.1 Å². The van der Waals surface area contributed by atoms with Crippen molar-refractivity contribution in [2.24, 2.45) is 17.8 Å². The highest BCUT2D eigenvalue weighted by molar-refractivity contribution is 5.82. The van der Waals surface area contributed by atoms with Crippen LogP contribution in [0.3, 0.4) is 0 Å². The molecule has 1 rings (SSSR count). The molecular weight excluding hydrogens is 660 g/mol. The van der Waals surface area contributed by atoms with E-state index >= 15 is 0 Å². The standard InChI is InChI=1S/C43H68O9/c1-28(14-12-15-29(2)25-38(47)39(48)27-36(9)45)22-30(3)20-21-43(50)51-40-18-13-19-42(49)52-41(17-11-10-16-32(40)5)34(7)24-31(4)23-33(6)37(46)26-35(8)44/h10-12,14-15,20-23,25,32-41,44-48H,13,16-19,24,26-27H2,1-9H3/t32-,33+,34-,35+,36+,37+,38+,39+,40-,41+/m0/s1. The van der Waals surface area contributed by atoms with Gasteiger partial charge in [0.25, 0.3) is 0 Å². The van der Waals surface area contributed by atoms with Crippen molar-refractivity contribution in [2.75, 3.05) is 0 Å². The van der Waals surface area contributed by atoms with Gasteiger partial charge in [-0.25, -0.2) is 4.79 Å². The SMILES string of the molecule is CC(=CC=CC(C)=C[C@@H](O)[C@H](O)C[C@@H](C)O)C=C(C)C=CC(=O)O[C@H]1CCCC(=O)O[C@@H]([C@@H](C)CC(C)=C[C@@H](C)[C@H](O)C[C@@H](C)O)CC=CC[C@@H]1C. The molecule has 9 heteroatoms. The number of cyclic esters (lactones) is 1. The summed E-state index contributed by atoms with van der Waals surface area (Å²) in [6, 6.07) is 0. The van der Waals surface area contributed by atoms with E-state index in [-0.39, 0.29) is 48.8 Å². The number of carbonyl (C=O) groups excluding carboxylic acids is 2. The van der Waals surface area contributed by atoms with E-state index in [9.17, 15) is 35.1 Å². The molecule has 0 radical (unpaired) electrons. The van der Waals surface area contributed by atoms with Gasteiger partial charge in [-0.05, 0) is 85.5 Å². The van der Waals surface area contributed by atoms with Crippen LogP contribution in [0.2, 0.25) is 0 Å². The zero-order chi connectivity index (χ0) is 39.4. The average molecular weight is 729 g/mol. The Morgan fingerprint density at radius 1 is 0.865 bits per heavy atom. The molecule has 0 fully saturated rings. The van der Waals surface area contributed by atoms with Crippen LogP contribution >= 0.6 is 0 Å². The number of rotatable bonds is 17. The topological polar surface area (TPSA) is 154 Å². The number of carbonyl (C=O) groups is 2. The predicted octanol–water partition coefficient (Wildman–Crippen LogP) is 7.15. The Labute approximate surface area is 313 Å². The van der Waals surface area contributed by atoms with Crippen molar-refractivity contribution in [3.8, 4) is 0 Å². The maximum Gasteiger partial charge on any atom is 0.331 e. The molecule has 1 heterocycles. The van der Waals surface area contributed by atoms with E-state index < -0.39 is 36.5 Å². The molecule has 294 valence electrons. The highest BCUT2D eigenvalue weighted by Crippen LogP contribution is 2.26. The fourth-order valence-electron chi connectivity index (χ4n) is 6.18. The Morgan fingerprint density at radius 2 is 1.50 bits per heavy atom. The maximum absolute atomic E-state index is 12.9. The molecule has 0 amide bonds. The van der Waals surface area contributed by atoms with E-state index in [4.69, 9.17) is 9.47 Å². The zero-order valence-corrected chi connectivity index (χ0v) is 33.1. The van der Waals surface area contributed by atoms with E-state index in [1.165, 1.54) is 6.08 Å². The summed E-state index contributed by atoms with van der Waals surface area (Å²) in [7, 11) is 0. The van der Waals surface area contributed by atoms with Crippen molar-refractivity contribution in [1.29, 1.82) is 0 Å². The molecule has 0 unspecified atom stereocenters. The first-order valence-electron chi connectivity index (χ1n) is 18.9.